The predicted octanol–water partition coefficient (Wildman–Crippen LogP) is 2.32. The molecule has 4 amide bonds. The zero-order valence-electron chi connectivity index (χ0n) is 20.2. The highest BCUT2D eigenvalue weighted by Gasteiger charge is 2.26. The molecule has 0 unspecified atom stereocenters. The van der Waals surface area contributed by atoms with E-state index in [2.05, 4.69) is 10.3 Å². The summed E-state index contributed by atoms with van der Waals surface area (Å²) in [4.78, 5) is 58.8. The fourth-order valence-corrected chi connectivity index (χ4v) is 4.34. The minimum atomic E-state index is -0.382. The molecular weight excluding hydrogens is 474 g/mol. The van der Waals surface area contributed by atoms with Gasteiger partial charge in [0, 0.05) is 38.1 Å². The standard InChI is InChI=1S/C23H31N5O6S/c1-4-33-23(32)27-9-7-26(8-10-27)20(30)12-17-15-35-22(24-17)25-19(29)14-28(13-16(2)3)21(31)18-6-5-11-34-18/h5-6,11,15-16H,4,7-10,12-14H2,1-3H3,(H,24,25,29). The van der Waals surface area contributed by atoms with E-state index in [1.807, 2.05) is 13.8 Å². The van der Waals surface area contributed by atoms with Crippen LogP contribution in [0, 0.1) is 5.92 Å². The highest BCUT2D eigenvalue weighted by atomic mass is 32.1. The van der Waals surface area contributed by atoms with Gasteiger partial charge in [0.15, 0.2) is 10.9 Å². The van der Waals surface area contributed by atoms with E-state index < -0.39 is 0 Å². The molecular formula is C23H31N5O6S. The van der Waals surface area contributed by atoms with Gasteiger partial charge in [-0.05, 0) is 25.0 Å². The summed E-state index contributed by atoms with van der Waals surface area (Å²) in [5.41, 5.74) is 0.550. The van der Waals surface area contributed by atoms with Gasteiger partial charge in [-0.15, -0.1) is 11.3 Å². The number of furan rings is 1. The van der Waals surface area contributed by atoms with Crippen molar-refractivity contribution in [1.29, 1.82) is 0 Å². The second-order valence-electron chi connectivity index (χ2n) is 8.49. The second-order valence-corrected chi connectivity index (χ2v) is 9.35. The summed E-state index contributed by atoms with van der Waals surface area (Å²) < 4.78 is 10.2. The van der Waals surface area contributed by atoms with Gasteiger partial charge in [0.2, 0.25) is 11.8 Å². The van der Waals surface area contributed by atoms with Gasteiger partial charge >= 0.3 is 6.09 Å². The van der Waals surface area contributed by atoms with E-state index in [1.165, 1.54) is 22.5 Å². The number of ether oxygens (including phenoxy) is 1. The van der Waals surface area contributed by atoms with Crippen molar-refractivity contribution in [1.82, 2.24) is 19.7 Å². The van der Waals surface area contributed by atoms with E-state index in [0.29, 0.717) is 50.2 Å². The molecule has 1 aliphatic rings. The number of anilines is 1. The van der Waals surface area contributed by atoms with E-state index in [1.54, 1.807) is 34.2 Å². The summed E-state index contributed by atoms with van der Waals surface area (Å²) in [5.74, 6) is -0.487. The van der Waals surface area contributed by atoms with Crippen LogP contribution in [0.4, 0.5) is 9.93 Å². The van der Waals surface area contributed by atoms with Crippen LogP contribution in [0.2, 0.25) is 0 Å². The first-order valence-electron chi connectivity index (χ1n) is 11.5. The van der Waals surface area contributed by atoms with Crippen LogP contribution in [0.1, 0.15) is 37.0 Å². The van der Waals surface area contributed by atoms with Gasteiger partial charge in [-0.3, -0.25) is 14.4 Å². The van der Waals surface area contributed by atoms with Crippen molar-refractivity contribution >= 4 is 40.3 Å². The molecule has 0 atom stereocenters. The van der Waals surface area contributed by atoms with Crippen molar-refractivity contribution in [3.63, 3.8) is 0 Å². The van der Waals surface area contributed by atoms with E-state index in [-0.39, 0.29) is 48.5 Å². The maximum atomic E-state index is 12.7. The quantitative estimate of drug-likeness (QED) is 0.554. The van der Waals surface area contributed by atoms with Crippen LogP contribution in [0.5, 0.6) is 0 Å². The number of piperazine rings is 1. The molecule has 1 aliphatic heterocycles. The highest BCUT2D eigenvalue weighted by Crippen LogP contribution is 2.17. The molecule has 1 N–H and O–H groups in total. The number of rotatable bonds is 9. The maximum absolute atomic E-state index is 12.7. The molecule has 2 aromatic heterocycles. The Kier molecular flexibility index (Phi) is 9.24. The van der Waals surface area contributed by atoms with E-state index in [0.717, 1.165) is 0 Å². The lowest BCUT2D eigenvalue weighted by Gasteiger charge is -2.34. The van der Waals surface area contributed by atoms with Crippen LogP contribution >= 0.6 is 11.3 Å². The van der Waals surface area contributed by atoms with Crippen molar-refractivity contribution in [2.75, 3.05) is 51.2 Å². The lowest BCUT2D eigenvalue weighted by molar-refractivity contribution is -0.132. The molecule has 2 aromatic rings. The van der Waals surface area contributed by atoms with E-state index >= 15 is 0 Å². The van der Waals surface area contributed by atoms with E-state index in [9.17, 15) is 19.2 Å². The Morgan fingerprint density at radius 1 is 1.20 bits per heavy atom. The number of hydrogen-bond donors (Lipinski definition) is 1. The number of nitrogens with zero attached hydrogens (tertiary/aromatic N) is 4. The summed E-state index contributed by atoms with van der Waals surface area (Å²) in [5, 5.41) is 4.80. The molecule has 11 nitrogen and oxygen atoms in total. The van der Waals surface area contributed by atoms with Crippen molar-refractivity contribution in [3.05, 3.63) is 35.2 Å². The molecule has 35 heavy (non-hydrogen) atoms. The van der Waals surface area contributed by atoms with Crippen LogP contribution in [0.15, 0.2) is 28.2 Å². The van der Waals surface area contributed by atoms with Gasteiger partial charge in [-0.2, -0.15) is 0 Å². The average molecular weight is 506 g/mol. The molecule has 190 valence electrons. The molecule has 1 fully saturated rings. The minimum absolute atomic E-state index is 0.0937. The molecule has 0 aliphatic carbocycles. The predicted molar refractivity (Wildman–Crippen MR) is 129 cm³/mol. The third kappa shape index (κ3) is 7.54. The van der Waals surface area contributed by atoms with Gasteiger partial charge in [0.1, 0.15) is 6.54 Å². The first-order valence-corrected chi connectivity index (χ1v) is 12.4. The Bertz CT molecular complexity index is 1010. The lowest BCUT2D eigenvalue weighted by atomic mass is 10.2. The Balaban J connectivity index is 1.50. The molecule has 1 saturated heterocycles. The summed E-state index contributed by atoms with van der Waals surface area (Å²) in [6.07, 6.45) is 1.15. The van der Waals surface area contributed by atoms with Gasteiger partial charge in [0.25, 0.3) is 5.91 Å². The van der Waals surface area contributed by atoms with Gasteiger partial charge in [-0.1, -0.05) is 13.8 Å². The number of nitrogens with one attached hydrogen (secondary N) is 1. The van der Waals surface area contributed by atoms with Gasteiger partial charge in [0.05, 0.1) is 25.0 Å². The lowest BCUT2D eigenvalue weighted by Crippen LogP contribution is -2.51. The number of thiazole rings is 1. The third-order valence-electron chi connectivity index (χ3n) is 5.23. The molecule has 0 spiro atoms. The monoisotopic (exact) mass is 505 g/mol. The third-order valence-corrected chi connectivity index (χ3v) is 6.03. The number of amides is 4. The normalized spacial score (nSPS) is 13.6. The summed E-state index contributed by atoms with van der Waals surface area (Å²) in [6, 6.07) is 3.19. The number of hydrogen-bond acceptors (Lipinski definition) is 8. The Morgan fingerprint density at radius 2 is 1.91 bits per heavy atom. The second kappa shape index (κ2) is 12.3. The first-order chi connectivity index (χ1) is 16.8. The zero-order chi connectivity index (χ0) is 25.4. The van der Waals surface area contributed by atoms with Crippen molar-refractivity contribution < 1.29 is 28.3 Å². The van der Waals surface area contributed by atoms with Crippen molar-refractivity contribution in [3.8, 4) is 0 Å². The summed E-state index contributed by atoms with van der Waals surface area (Å²) in [6.45, 7) is 7.95. The smallest absolute Gasteiger partial charge is 0.409 e. The van der Waals surface area contributed by atoms with Crippen LogP contribution in [-0.2, 0) is 20.7 Å². The zero-order valence-corrected chi connectivity index (χ0v) is 21.0. The largest absolute Gasteiger partial charge is 0.459 e. The Morgan fingerprint density at radius 3 is 2.54 bits per heavy atom. The molecule has 0 bridgehead atoms. The topological polar surface area (TPSA) is 125 Å². The minimum Gasteiger partial charge on any atom is -0.459 e. The van der Waals surface area contributed by atoms with Crippen LogP contribution in [-0.4, -0.2) is 89.4 Å². The summed E-state index contributed by atoms with van der Waals surface area (Å²) >= 11 is 1.22. The van der Waals surface area contributed by atoms with Crippen LogP contribution in [0.3, 0.4) is 0 Å². The number of carbonyl (C=O) groups is 4. The van der Waals surface area contributed by atoms with Gasteiger partial charge in [-0.25, -0.2) is 9.78 Å². The molecule has 0 radical (unpaired) electrons. The van der Waals surface area contributed by atoms with Crippen LogP contribution in [0.25, 0.3) is 0 Å². The molecule has 3 heterocycles. The first kappa shape index (κ1) is 26.2. The van der Waals surface area contributed by atoms with Gasteiger partial charge < -0.3 is 29.2 Å². The fourth-order valence-electron chi connectivity index (χ4n) is 3.61. The Hall–Kier alpha value is -3.41. The SMILES string of the molecule is CCOC(=O)N1CCN(C(=O)Cc2csc(NC(=O)CN(CC(C)C)C(=O)c3ccco3)n2)CC1. The maximum Gasteiger partial charge on any atom is 0.409 e. The van der Waals surface area contributed by atoms with E-state index in [4.69, 9.17) is 9.15 Å². The molecule has 0 saturated carbocycles. The summed E-state index contributed by atoms with van der Waals surface area (Å²) in [7, 11) is 0. The molecule has 0 aromatic carbocycles. The average Bonchev–Trinajstić information content (AvgIpc) is 3.50. The molecule has 3 rings (SSSR count). The molecule has 12 heteroatoms. The fraction of sp³-hybridized carbons (Fsp3) is 0.522. The number of carbonyl (C=O) groups excluding carboxylic acids is 4. The Labute approximate surface area is 208 Å². The highest BCUT2D eigenvalue weighted by molar-refractivity contribution is 7.13. The van der Waals surface area contributed by atoms with Crippen LogP contribution < -0.4 is 5.32 Å². The van der Waals surface area contributed by atoms with Crippen molar-refractivity contribution in [2.45, 2.75) is 27.2 Å². The number of aromatic nitrogens is 1. The van der Waals surface area contributed by atoms with Crippen molar-refractivity contribution in [2.24, 2.45) is 5.92 Å².